The van der Waals surface area contributed by atoms with Crippen molar-refractivity contribution in [2.75, 3.05) is 38.5 Å². The van der Waals surface area contributed by atoms with Crippen LogP contribution in [0.5, 0.6) is 0 Å². The van der Waals surface area contributed by atoms with Crippen LogP contribution in [-0.4, -0.2) is 207 Å². The summed E-state index contributed by atoms with van der Waals surface area (Å²) in [4.78, 5) is 189. The topological polar surface area (TPSA) is 513 Å². The van der Waals surface area contributed by atoms with Gasteiger partial charge in [0.2, 0.25) is 70.9 Å². The molecule has 33 heteroatoms. The standard InChI is InChI=1S/C43H69N13O19S/c1-18(2)33(42(73)55-34(19(3)4)43(74)75)54-41(72)26-7-6-10-56(26)30(61)15-46-28(59)13-47-38(69)24(16-57)52-39(70)23(12-32(64)65)50-29(60)14-48-37(68)22(8-9-27(45)58)51-40(71)25(17-76)53-35(66)20(5)49-36(67)21(44)11-31(62)63/h18-26,33-34,57,76H,6-17,44H2,1-5H3,(H2,45,58)(H,46,59)(H,47,69)(H,48,68)(H,49,67)(H,50,60)(H,51,71)(H,52,70)(H,53,66)(H,54,72)(H,55,73)(H,62,63)(H,64,65)(H,74,75)/t20-,21-,22-,23-,24-,25-,26-,33-,34-/m0/s1. The Kier molecular flexibility index (Phi) is 28.4. The molecule has 1 saturated heterocycles. The van der Waals surface area contributed by atoms with Crippen LogP contribution < -0.4 is 64.6 Å². The first-order valence-corrected chi connectivity index (χ1v) is 24.2. The summed E-state index contributed by atoms with van der Waals surface area (Å²) in [5.41, 5.74) is 10.7. The van der Waals surface area contributed by atoms with Crippen molar-refractivity contribution in [1.82, 2.24) is 58.1 Å². The van der Waals surface area contributed by atoms with Crippen molar-refractivity contribution in [3.63, 3.8) is 0 Å². The maximum absolute atomic E-state index is 13.3. The Morgan fingerprint density at radius 3 is 1.64 bits per heavy atom. The van der Waals surface area contributed by atoms with E-state index in [1.807, 2.05) is 10.6 Å². The van der Waals surface area contributed by atoms with E-state index in [1.54, 1.807) is 27.7 Å². The minimum atomic E-state index is -1.96. The number of rotatable bonds is 33. The van der Waals surface area contributed by atoms with Gasteiger partial charge in [-0.3, -0.25) is 67.1 Å². The molecular formula is C43H69N13O19S. The predicted octanol–water partition coefficient (Wildman–Crippen LogP) is -8.40. The minimum Gasteiger partial charge on any atom is -0.481 e. The fraction of sp³-hybridized carbons (Fsp3) is 0.651. The average molecular weight is 1100 g/mol. The first-order chi connectivity index (χ1) is 35.4. The number of aliphatic carboxylic acids is 3. The van der Waals surface area contributed by atoms with Crippen molar-refractivity contribution in [1.29, 1.82) is 0 Å². The van der Waals surface area contributed by atoms with Crippen molar-refractivity contribution in [3.8, 4) is 0 Å². The second-order valence-electron chi connectivity index (χ2n) is 18.0. The summed E-state index contributed by atoms with van der Waals surface area (Å²) in [5.74, 6) is -17.5. The number of nitrogens with one attached hydrogen (secondary N) is 10. The summed E-state index contributed by atoms with van der Waals surface area (Å²) in [6.45, 7) is 4.16. The lowest BCUT2D eigenvalue weighted by molar-refractivity contribution is -0.144. The van der Waals surface area contributed by atoms with Crippen LogP contribution >= 0.6 is 12.6 Å². The lowest BCUT2D eigenvalue weighted by Gasteiger charge is -2.29. The third-order valence-corrected chi connectivity index (χ3v) is 11.5. The minimum absolute atomic E-state index is 0.108. The summed E-state index contributed by atoms with van der Waals surface area (Å²) >= 11 is 4.01. The Labute approximate surface area is 440 Å². The normalized spacial score (nSPS) is 16.1. The van der Waals surface area contributed by atoms with Gasteiger partial charge >= 0.3 is 17.9 Å². The SMILES string of the molecule is CC(C)[C@H](NC(=O)[C@@H](NC(=O)[C@@H]1CCCN1C(=O)CNC(=O)CNC(=O)[C@H](CO)NC(=O)[C@H](CC(=O)O)NC(=O)CNC(=O)[C@H](CCC(N)=O)NC(=O)[C@H](CS)NC(=O)[C@H](C)NC(=O)[C@@H](N)CC(=O)O)C(C)C)C(=O)O. The smallest absolute Gasteiger partial charge is 0.326 e. The molecule has 0 spiro atoms. The first-order valence-electron chi connectivity index (χ1n) is 23.6. The molecule has 1 heterocycles. The van der Waals surface area contributed by atoms with Crippen molar-refractivity contribution in [2.45, 2.75) is 128 Å². The molecule has 0 radical (unpaired) electrons. The number of nitrogens with zero attached hydrogens (tertiary/aromatic N) is 1. The Morgan fingerprint density at radius 2 is 1.12 bits per heavy atom. The number of hydrogen-bond donors (Lipinski definition) is 17. The molecule has 426 valence electrons. The molecule has 32 nitrogen and oxygen atoms in total. The number of carbonyl (C=O) groups excluding carboxylic acids is 12. The van der Waals surface area contributed by atoms with Gasteiger partial charge in [-0.1, -0.05) is 27.7 Å². The van der Waals surface area contributed by atoms with E-state index >= 15 is 0 Å². The van der Waals surface area contributed by atoms with E-state index in [2.05, 4.69) is 55.2 Å². The van der Waals surface area contributed by atoms with Gasteiger partial charge in [0, 0.05) is 18.7 Å². The van der Waals surface area contributed by atoms with Crippen LogP contribution in [0.3, 0.4) is 0 Å². The number of amides is 12. The third kappa shape index (κ3) is 23.3. The number of carboxylic acid groups (broad SMARTS) is 3. The largest absolute Gasteiger partial charge is 0.481 e. The zero-order valence-corrected chi connectivity index (χ0v) is 43.2. The third-order valence-electron chi connectivity index (χ3n) is 11.1. The molecule has 0 saturated carbocycles. The Bertz CT molecular complexity index is 2180. The molecule has 0 aromatic rings. The number of hydrogen-bond acceptors (Lipinski definition) is 18. The summed E-state index contributed by atoms with van der Waals surface area (Å²) in [6.07, 6.45) is -2.20. The van der Waals surface area contributed by atoms with E-state index in [1.165, 1.54) is 11.8 Å². The van der Waals surface area contributed by atoms with Gasteiger partial charge < -0.3 is 90.0 Å². The fourth-order valence-electron chi connectivity index (χ4n) is 6.88. The highest BCUT2D eigenvalue weighted by Gasteiger charge is 2.38. The molecule has 76 heavy (non-hydrogen) atoms. The number of primary amides is 1. The van der Waals surface area contributed by atoms with Gasteiger partial charge in [0.25, 0.3) is 0 Å². The molecular weight excluding hydrogens is 1030 g/mol. The van der Waals surface area contributed by atoms with E-state index in [-0.39, 0.29) is 18.7 Å². The second-order valence-corrected chi connectivity index (χ2v) is 18.3. The van der Waals surface area contributed by atoms with Crippen molar-refractivity contribution in [3.05, 3.63) is 0 Å². The Balaban J connectivity index is 2.88. The quantitative estimate of drug-likeness (QED) is 0.0271. The van der Waals surface area contributed by atoms with Gasteiger partial charge in [-0.15, -0.1) is 0 Å². The summed E-state index contributed by atoms with van der Waals surface area (Å²) in [5, 5.41) is 59.8. The number of thiol groups is 1. The molecule has 1 aliphatic rings. The van der Waals surface area contributed by atoms with Crippen LogP contribution in [0.1, 0.15) is 73.1 Å². The zero-order chi connectivity index (χ0) is 58.1. The van der Waals surface area contributed by atoms with E-state index in [4.69, 9.17) is 16.6 Å². The molecule has 1 fully saturated rings. The van der Waals surface area contributed by atoms with E-state index in [9.17, 15) is 87.2 Å². The lowest BCUT2D eigenvalue weighted by atomic mass is 10.00. The molecule has 9 atom stereocenters. The summed E-state index contributed by atoms with van der Waals surface area (Å²) in [6, 6.07) is -13.2. The number of aliphatic hydroxyl groups excluding tert-OH is 1. The second kappa shape index (κ2) is 32.6. The van der Waals surface area contributed by atoms with Crippen molar-refractivity contribution in [2.24, 2.45) is 23.3 Å². The maximum atomic E-state index is 13.3. The van der Waals surface area contributed by atoms with Crippen LogP contribution in [0.25, 0.3) is 0 Å². The molecule has 0 aromatic heterocycles. The van der Waals surface area contributed by atoms with E-state index in [0.717, 1.165) is 0 Å². The van der Waals surface area contributed by atoms with Crippen LogP contribution in [0.4, 0.5) is 0 Å². The monoisotopic (exact) mass is 1100 g/mol. The van der Waals surface area contributed by atoms with Crippen molar-refractivity contribution < 1.29 is 92.3 Å². The lowest BCUT2D eigenvalue weighted by Crippen LogP contribution is -2.58. The Morgan fingerprint density at radius 1 is 0.579 bits per heavy atom. The Hall–Kier alpha value is -7.68. The predicted molar refractivity (Wildman–Crippen MR) is 262 cm³/mol. The van der Waals surface area contributed by atoms with Gasteiger partial charge in [0.15, 0.2) is 0 Å². The molecule has 0 aliphatic carbocycles. The molecule has 0 aromatic carbocycles. The van der Waals surface area contributed by atoms with Crippen molar-refractivity contribution >= 4 is 101 Å². The first kappa shape index (κ1) is 66.3. The molecule has 1 rings (SSSR count). The van der Waals surface area contributed by atoms with Crippen LogP contribution in [0.15, 0.2) is 0 Å². The van der Waals surface area contributed by atoms with Gasteiger partial charge in [-0.2, -0.15) is 12.6 Å². The molecule has 12 amide bonds. The van der Waals surface area contributed by atoms with Gasteiger partial charge in [0.05, 0.1) is 45.1 Å². The van der Waals surface area contributed by atoms with Gasteiger partial charge in [-0.05, 0) is 38.0 Å². The zero-order valence-electron chi connectivity index (χ0n) is 42.3. The number of carboxylic acids is 3. The highest BCUT2D eigenvalue weighted by atomic mass is 32.1. The summed E-state index contributed by atoms with van der Waals surface area (Å²) in [7, 11) is 0. The van der Waals surface area contributed by atoms with Crippen LogP contribution in [0.2, 0.25) is 0 Å². The van der Waals surface area contributed by atoms with E-state index in [0.29, 0.717) is 6.42 Å². The average Bonchev–Trinajstić information content (AvgIpc) is 3.84. The van der Waals surface area contributed by atoms with E-state index < -0.39 is 207 Å². The number of likely N-dealkylation sites (tertiary alicyclic amines) is 1. The molecule has 18 N–H and O–H groups in total. The fourth-order valence-corrected chi connectivity index (χ4v) is 7.14. The molecule has 0 bridgehead atoms. The molecule has 0 unspecified atom stereocenters. The number of nitrogens with two attached hydrogens (primary N) is 2. The van der Waals surface area contributed by atoms with Gasteiger partial charge in [-0.25, -0.2) is 4.79 Å². The van der Waals surface area contributed by atoms with Gasteiger partial charge in [0.1, 0.15) is 48.3 Å². The highest BCUT2D eigenvalue weighted by Crippen LogP contribution is 2.18. The molecule has 1 aliphatic heterocycles. The van der Waals surface area contributed by atoms with Crippen LogP contribution in [-0.2, 0) is 71.9 Å². The highest BCUT2D eigenvalue weighted by molar-refractivity contribution is 7.80. The summed E-state index contributed by atoms with van der Waals surface area (Å²) < 4.78 is 0. The number of carbonyl (C=O) groups is 15. The number of aliphatic hydroxyl groups is 1. The maximum Gasteiger partial charge on any atom is 0.326 e. The van der Waals surface area contributed by atoms with Crippen LogP contribution in [0, 0.1) is 11.8 Å².